The minimum atomic E-state index is -0.00134. The molecule has 1 aromatic carbocycles. The molecule has 1 amide bonds. The normalized spacial score (nSPS) is 20.4. The van der Waals surface area contributed by atoms with Crippen molar-refractivity contribution >= 4 is 45.0 Å². The van der Waals surface area contributed by atoms with E-state index in [0.717, 1.165) is 23.9 Å². The first-order valence-corrected chi connectivity index (χ1v) is 7.06. The first-order valence-electron chi connectivity index (χ1n) is 5.45. The second kappa shape index (κ2) is 5.59. The molecule has 1 aliphatic heterocycles. The lowest BCUT2D eigenvalue weighted by molar-refractivity contribution is 0.0727. The Kier molecular flexibility index (Phi) is 4.34. The number of rotatable bonds is 1. The van der Waals surface area contributed by atoms with E-state index in [-0.39, 0.29) is 11.3 Å². The van der Waals surface area contributed by atoms with Crippen LogP contribution in [0.25, 0.3) is 0 Å². The van der Waals surface area contributed by atoms with Crippen molar-refractivity contribution in [2.45, 2.75) is 18.2 Å². The topological polar surface area (TPSA) is 20.3 Å². The van der Waals surface area contributed by atoms with Crippen molar-refractivity contribution in [2.24, 2.45) is 0 Å². The van der Waals surface area contributed by atoms with Gasteiger partial charge in [-0.05, 0) is 31.0 Å². The highest BCUT2D eigenvalue weighted by molar-refractivity contribution is 9.10. The van der Waals surface area contributed by atoms with Crippen LogP contribution in [-0.4, -0.2) is 29.3 Å². The van der Waals surface area contributed by atoms with Crippen LogP contribution < -0.4 is 0 Å². The van der Waals surface area contributed by atoms with Crippen LogP contribution in [0, 0.1) is 0 Å². The van der Waals surface area contributed by atoms with Crippen molar-refractivity contribution in [2.75, 3.05) is 13.1 Å². The van der Waals surface area contributed by atoms with Crippen LogP contribution in [0.4, 0.5) is 0 Å². The van der Waals surface area contributed by atoms with Gasteiger partial charge in [-0.2, -0.15) is 0 Å². The van der Waals surface area contributed by atoms with E-state index < -0.39 is 0 Å². The zero-order chi connectivity index (χ0) is 12.4. The standard InChI is InChI=1S/C12H12BrCl2NO/c13-9-4-8(5-11(15)6-9)12(17)16-3-1-2-10(14)7-16/h4-6,10H,1-3,7H2. The monoisotopic (exact) mass is 335 g/mol. The van der Waals surface area contributed by atoms with Gasteiger partial charge in [-0.3, -0.25) is 4.79 Å². The smallest absolute Gasteiger partial charge is 0.253 e. The molecular formula is C12H12BrCl2NO. The highest BCUT2D eigenvalue weighted by atomic mass is 79.9. The molecule has 1 saturated heterocycles. The van der Waals surface area contributed by atoms with Crippen LogP contribution in [-0.2, 0) is 0 Å². The first kappa shape index (κ1) is 13.2. The predicted octanol–water partition coefficient (Wildman–Crippen LogP) is 3.95. The molecule has 1 heterocycles. The average Bonchev–Trinajstić information content (AvgIpc) is 2.26. The number of hydrogen-bond acceptors (Lipinski definition) is 1. The quantitative estimate of drug-likeness (QED) is 0.711. The average molecular weight is 337 g/mol. The second-order valence-corrected chi connectivity index (χ2v) is 6.12. The van der Waals surface area contributed by atoms with E-state index in [1.807, 2.05) is 0 Å². The first-order chi connectivity index (χ1) is 8.06. The summed E-state index contributed by atoms with van der Waals surface area (Å²) >= 11 is 15.3. The number of benzene rings is 1. The summed E-state index contributed by atoms with van der Waals surface area (Å²) in [5.74, 6) is -0.00134. The van der Waals surface area contributed by atoms with Crippen molar-refractivity contribution in [3.05, 3.63) is 33.3 Å². The minimum absolute atomic E-state index is 0.00134. The highest BCUT2D eigenvalue weighted by Gasteiger charge is 2.23. The maximum Gasteiger partial charge on any atom is 0.253 e. The Hall–Kier alpha value is -0.250. The molecule has 1 fully saturated rings. The van der Waals surface area contributed by atoms with Crippen LogP contribution in [0.1, 0.15) is 23.2 Å². The van der Waals surface area contributed by atoms with Crippen molar-refractivity contribution in [1.29, 1.82) is 0 Å². The van der Waals surface area contributed by atoms with Gasteiger partial charge in [0, 0.05) is 28.1 Å². The molecule has 0 N–H and O–H groups in total. The van der Waals surface area contributed by atoms with Crippen LogP contribution >= 0.6 is 39.1 Å². The van der Waals surface area contributed by atoms with E-state index in [1.165, 1.54) is 0 Å². The van der Waals surface area contributed by atoms with Gasteiger partial charge in [0.25, 0.3) is 5.91 Å². The molecule has 2 nitrogen and oxygen atoms in total. The maximum atomic E-state index is 12.2. The molecule has 1 atom stereocenters. The zero-order valence-corrected chi connectivity index (χ0v) is 12.2. The third kappa shape index (κ3) is 3.36. The number of carbonyl (C=O) groups is 1. The number of halogens is 3. The molecule has 0 aromatic heterocycles. The Bertz CT molecular complexity index is 418. The maximum absolute atomic E-state index is 12.2. The van der Waals surface area contributed by atoms with E-state index in [4.69, 9.17) is 23.2 Å². The lowest BCUT2D eigenvalue weighted by Gasteiger charge is -2.29. The number of carbonyl (C=O) groups excluding carboxylic acids is 1. The molecule has 2 rings (SSSR count). The number of alkyl halides is 1. The third-order valence-corrected chi connectivity index (χ3v) is 3.79. The molecule has 0 radical (unpaired) electrons. The Morgan fingerprint density at radius 3 is 2.82 bits per heavy atom. The molecule has 0 spiro atoms. The largest absolute Gasteiger partial charge is 0.337 e. The van der Waals surface area contributed by atoms with Crippen LogP contribution in [0.3, 0.4) is 0 Å². The van der Waals surface area contributed by atoms with Crippen molar-refractivity contribution in [3.63, 3.8) is 0 Å². The summed E-state index contributed by atoms with van der Waals surface area (Å²) in [6.07, 6.45) is 1.94. The number of likely N-dealkylation sites (tertiary alicyclic amines) is 1. The SMILES string of the molecule is O=C(c1cc(Cl)cc(Br)c1)N1CCCC(Cl)C1. The zero-order valence-electron chi connectivity index (χ0n) is 9.13. The number of amides is 1. The minimum Gasteiger partial charge on any atom is -0.337 e. The van der Waals surface area contributed by atoms with Gasteiger partial charge >= 0.3 is 0 Å². The Morgan fingerprint density at radius 2 is 2.18 bits per heavy atom. The highest BCUT2D eigenvalue weighted by Crippen LogP contribution is 2.22. The lowest BCUT2D eigenvalue weighted by atomic mass is 10.1. The van der Waals surface area contributed by atoms with Crippen molar-refractivity contribution in [3.8, 4) is 0 Å². The molecule has 0 bridgehead atoms. The van der Waals surface area contributed by atoms with E-state index in [9.17, 15) is 4.79 Å². The summed E-state index contributed by atoms with van der Waals surface area (Å²) in [4.78, 5) is 14.0. The van der Waals surface area contributed by atoms with Gasteiger partial charge in [0.2, 0.25) is 0 Å². The Labute approximate surface area is 119 Å². The lowest BCUT2D eigenvalue weighted by Crippen LogP contribution is -2.40. The fourth-order valence-corrected chi connectivity index (χ4v) is 3.15. The van der Waals surface area contributed by atoms with Crippen molar-refractivity contribution < 1.29 is 4.79 Å². The number of hydrogen-bond donors (Lipinski definition) is 0. The second-order valence-electron chi connectivity index (χ2n) is 4.15. The summed E-state index contributed by atoms with van der Waals surface area (Å²) in [6, 6.07) is 5.23. The summed E-state index contributed by atoms with van der Waals surface area (Å²) < 4.78 is 0.813. The number of nitrogens with zero attached hydrogens (tertiary/aromatic N) is 1. The molecular weight excluding hydrogens is 325 g/mol. The molecule has 1 aliphatic rings. The molecule has 17 heavy (non-hydrogen) atoms. The van der Waals surface area contributed by atoms with E-state index in [2.05, 4.69) is 15.9 Å². The van der Waals surface area contributed by atoms with Crippen molar-refractivity contribution in [1.82, 2.24) is 4.90 Å². The molecule has 92 valence electrons. The summed E-state index contributed by atoms with van der Waals surface area (Å²) in [5.41, 5.74) is 0.607. The van der Waals surface area contributed by atoms with Crippen LogP contribution in [0.15, 0.2) is 22.7 Å². The molecule has 5 heteroatoms. The van der Waals surface area contributed by atoms with E-state index >= 15 is 0 Å². The molecule has 1 unspecified atom stereocenters. The number of piperidine rings is 1. The Balaban J connectivity index is 2.18. The third-order valence-electron chi connectivity index (χ3n) is 2.76. The fourth-order valence-electron chi connectivity index (χ4n) is 1.97. The fraction of sp³-hybridized carbons (Fsp3) is 0.417. The molecule has 1 aromatic rings. The van der Waals surface area contributed by atoms with Gasteiger partial charge in [-0.15, -0.1) is 11.6 Å². The van der Waals surface area contributed by atoms with Gasteiger partial charge in [0.05, 0.1) is 5.38 Å². The van der Waals surface area contributed by atoms with Crippen LogP contribution in [0.2, 0.25) is 5.02 Å². The Morgan fingerprint density at radius 1 is 1.41 bits per heavy atom. The molecule has 0 aliphatic carbocycles. The van der Waals surface area contributed by atoms with Gasteiger partial charge in [-0.25, -0.2) is 0 Å². The van der Waals surface area contributed by atoms with Gasteiger partial charge in [0.15, 0.2) is 0 Å². The van der Waals surface area contributed by atoms with Gasteiger partial charge in [0.1, 0.15) is 0 Å². The van der Waals surface area contributed by atoms with E-state index in [1.54, 1.807) is 23.1 Å². The summed E-state index contributed by atoms with van der Waals surface area (Å²) in [6.45, 7) is 1.39. The molecule has 0 saturated carbocycles. The van der Waals surface area contributed by atoms with Gasteiger partial charge in [-0.1, -0.05) is 27.5 Å². The predicted molar refractivity (Wildman–Crippen MR) is 73.9 cm³/mol. The summed E-state index contributed by atoms with van der Waals surface area (Å²) in [7, 11) is 0. The summed E-state index contributed by atoms with van der Waals surface area (Å²) in [5, 5.41) is 0.623. The van der Waals surface area contributed by atoms with Gasteiger partial charge < -0.3 is 4.90 Å². The van der Waals surface area contributed by atoms with Crippen LogP contribution in [0.5, 0.6) is 0 Å². The van der Waals surface area contributed by atoms with E-state index in [0.29, 0.717) is 17.1 Å².